The number of aryl methyl sites for hydroxylation is 1. The smallest absolute Gasteiger partial charge is 0.325 e. The molecule has 0 saturated carbocycles. The van der Waals surface area contributed by atoms with E-state index in [0.717, 1.165) is 6.20 Å². The number of nitrogens with zero attached hydrogens (tertiary/aromatic N) is 1. The normalized spacial score (nSPS) is 13.1. The van der Waals surface area contributed by atoms with Crippen LogP contribution in [-0.2, 0) is 19.1 Å². The van der Waals surface area contributed by atoms with Crippen LogP contribution < -0.4 is 0 Å². The molecule has 1 rings (SSSR count). The monoisotopic (exact) mass is 323 g/mol. The van der Waals surface area contributed by atoms with Crippen molar-refractivity contribution < 1.29 is 34.1 Å². The van der Waals surface area contributed by atoms with Crippen LogP contribution in [0, 0.1) is 12.3 Å². The second-order valence-electron chi connectivity index (χ2n) is 5.04. The van der Waals surface area contributed by atoms with Gasteiger partial charge in [0.25, 0.3) is 0 Å². The van der Waals surface area contributed by atoms with Gasteiger partial charge in [0.2, 0.25) is 0 Å². The number of aromatic nitrogens is 1. The Labute approximate surface area is 132 Å². The maximum atomic E-state index is 12.7. The highest BCUT2D eigenvalue weighted by atomic mass is 16.5. The number of Topliss-reactive ketones (excluding diaryl/α,β-unsaturated/α-hetero) is 2. The van der Waals surface area contributed by atoms with E-state index in [1.807, 2.05) is 0 Å². The number of ether oxygens (including phenoxy) is 1. The highest BCUT2D eigenvalue weighted by Crippen LogP contribution is 2.31. The maximum absolute atomic E-state index is 12.7. The van der Waals surface area contributed by atoms with Gasteiger partial charge in [-0.2, -0.15) is 0 Å². The molecule has 0 fully saturated rings. The molecule has 0 bridgehead atoms. The van der Waals surface area contributed by atoms with Gasteiger partial charge in [-0.15, -0.1) is 0 Å². The van der Waals surface area contributed by atoms with Crippen LogP contribution >= 0.6 is 0 Å². The molecular weight excluding hydrogens is 306 g/mol. The van der Waals surface area contributed by atoms with Gasteiger partial charge < -0.3 is 14.9 Å². The van der Waals surface area contributed by atoms with E-state index in [1.54, 1.807) is 6.92 Å². The average Bonchev–Trinajstić information content (AvgIpc) is 2.47. The van der Waals surface area contributed by atoms with Crippen molar-refractivity contribution in [2.75, 3.05) is 13.7 Å². The molecule has 8 nitrogen and oxygen atoms in total. The highest BCUT2D eigenvalue weighted by molar-refractivity contribution is 6.27. The van der Waals surface area contributed by atoms with E-state index in [4.69, 9.17) is 5.11 Å². The number of carbonyl (C=O) groups excluding carboxylic acids is 2. The lowest BCUT2D eigenvalue weighted by Crippen LogP contribution is -2.48. The third-order valence-electron chi connectivity index (χ3n) is 3.36. The topological polar surface area (TPSA) is 131 Å². The minimum Gasteiger partial charge on any atom is -0.481 e. The second-order valence-corrected chi connectivity index (χ2v) is 5.04. The van der Waals surface area contributed by atoms with Crippen molar-refractivity contribution in [1.82, 2.24) is 4.98 Å². The third kappa shape index (κ3) is 3.98. The fourth-order valence-electron chi connectivity index (χ4n) is 2.18. The van der Waals surface area contributed by atoms with E-state index in [9.17, 15) is 24.3 Å². The van der Waals surface area contributed by atoms with E-state index < -0.39 is 48.4 Å². The number of aliphatic carboxylic acids is 2. The number of hydrogen-bond acceptors (Lipinski definition) is 6. The maximum Gasteiger partial charge on any atom is 0.325 e. The lowest BCUT2D eigenvalue weighted by molar-refractivity contribution is -0.153. The van der Waals surface area contributed by atoms with Crippen LogP contribution in [0.5, 0.6) is 0 Å². The summed E-state index contributed by atoms with van der Waals surface area (Å²) in [6.07, 6.45) is 1.31. The second kappa shape index (κ2) is 7.59. The number of methoxy groups -OCH3 is 1. The van der Waals surface area contributed by atoms with E-state index in [1.165, 1.54) is 19.4 Å². The zero-order valence-electron chi connectivity index (χ0n) is 12.7. The van der Waals surface area contributed by atoms with Crippen LogP contribution in [-0.4, -0.2) is 52.4 Å². The van der Waals surface area contributed by atoms with Gasteiger partial charge in [-0.25, -0.2) is 0 Å². The molecule has 0 aliphatic carbocycles. The molecular formula is C15H17NO7. The van der Waals surface area contributed by atoms with Gasteiger partial charge in [-0.1, -0.05) is 0 Å². The van der Waals surface area contributed by atoms with Gasteiger partial charge >= 0.3 is 11.9 Å². The molecule has 1 heterocycles. The summed E-state index contributed by atoms with van der Waals surface area (Å²) in [6, 6.07) is 1.40. The molecule has 1 atom stereocenters. The Morgan fingerprint density at radius 1 is 1.22 bits per heavy atom. The summed E-state index contributed by atoms with van der Waals surface area (Å²) < 4.78 is 4.65. The fraction of sp³-hybridized carbons (Fsp3) is 0.400. The lowest BCUT2D eigenvalue weighted by Gasteiger charge is -2.25. The largest absolute Gasteiger partial charge is 0.481 e. The first kappa shape index (κ1) is 18.4. The van der Waals surface area contributed by atoms with Crippen molar-refractivity contribution in [3.05, 3.63) is 29.6 Å². The fourth-order valence-corrected chi connectivity index (χ4v) is 2.18. The van der Waals surface area contributed by atoms with Crippen molar-refractivity contribution in [1.29, 1.82) is 0 Å². The zero-order valence-corrected chi connectivity index (χ0v) is 12.7. The molecule has 23 heavy (non-hydrogen) atoms. The van der Waals surface area contributed by atoms with E-state index >= 15 is 0 Å². The lowest BCUT2D eigenvalue weighted by atomic mass is 9.73. The molecule has 0 aliphatic heterocycles. The number of carbonyl (C=O) groups is 4. The van der Waals surface area contributed by atoms with Crippen molar-refractivity contribution in [3.63, 3.8) is 0 Å². The molecule has 0 saturated heterocycles. The quantitative estimate of drug-likeness (QED) is 0.502. The number of rotatable bonds is 9. The van der Waals surface area contributed by atoms with Gasteiger partial charge in [0.15, 0.2) is 17.0 Å². The Morgan fingerprint density at radius 2 is 1.87 bits per heavy atom. The third-order valence-corrected chi connectivity index (χ3v) is 3.36. The van der Waals surface area contributed by atoms with Crippen LogP contribution in [0.25, 0.3) is 0 Å². The van der Waals surface area contributed by atoms with Gasteiger partial charge in [0, 0.05) is 31.5 Å². The van der Waals surface area contributed by atoms with Crippen LogP contribution in [0.15, 0.2) is 18.5 Å². The summed E-state index contributed by atoms with van der Waals surface area (Å²) in [6.45, 7) is 1.04. The van der Waals surface area contributed by atoms with Gasteiger partial charge in [-0.3, -0.25) is 24.2 Å². The Balaban J connectivity index is 3.40. The first-order valence-corrected chi connectivity index (χ1v) is 6.69. The van der Waals surface area contributed by atoms with Gasteiger partial charge in [0.05, 0.1) is 0 Å². The van der Waals surface area contributed by atoms with E-state index in [0.29, 0.717) is 5.56 Å². The average molecular weight is 323 g/mol. The molecule has 124 valence electrons. The Morgan fingerprint density at radius 3 is 2.35 bits per heavy atom. The van der Waals surface area contributed by atoms with Crippen LogP contribution in [0.1, 0.15) is 28.8 Å². The molecule has 1 aromatic heterocycles. The van der Waals surface area contributed by atoms with Gasteiger partial charge in [0.1, 0.15) is 6.61 Å². The Bertz CT molecular complexity index is 640. The summed E-state index contributed by atoms with van der Waals surface area (Å²) in [5.41, 5.74) is -1.97. The predicted octanol–water partition coefficient (Wildman–Crippen LogP) is 0.724. The molecule has 1 unspecified atom stereocenters. The summed E-state index contributed by atoms with van der Waals surface area (Å²) in [5, 5.41) is 18.3. The molecule has 0 spiro atoms. The van der Waals surface area contributed by atoms with Crippen LogP contribution in [0.2, 0.25) is 0 Å². The Hall–Kier alpha value is -2.61. The van der Waals surface area contributed by atoms with Crippen molar-refractivity contribution in [2.45, 2.75) is 19.8 Å². The molecule has 8 heteroatoms. The van der Waals surface area contributed by atoms with Gasteiger partial charge in [-0.05, 0) is 25.0 Å². The summed E-state index contributed by atoms with van der Waals surface area (Å²) in [4.78, 5) is 51.3. The van der Waals surface area contributed by atoms with Crippen LogP contribution in [0.4, 0.5) is 0 Å². The number of hydrogen-bond donors (Lipinski definition) is 2. The first-order chi connectivity index (χ1) is 10.8. The number of carboxylic acid groups (broad SMARTS) is 2. The van der Waals surface area contributed by atoms with Crippen molar-refractivity contribution >= 4 is 23.5 Å². The number of carboxylic acids is 2. The Kier molecular flexibility index (Phi) is 6.09. The van der Waals surface area contributed by atoms with E-state index in [-0.39, 0.29) is 5.56 Å². The van der Waals surface area contributed by atoms with Crippen LogP contribution in [0.3, 0.4) is 0 Å². The molecule has 0 radical (unpaired) electrons. The minimum absolute atomic E-state index is 0.0674. The summed E-state index contributed by atoms with van der Waals surface area (Å²) in [5.74, 6) is -5.01. The van der Waals surface area contributed by atoms with Crippen molar-refractivity contribution in [3.8, 4) is 0 Å². The number of ketones is 2. The molecule has 0 amide bonds. The van der Waals surface area contributed by atoms with Crippen molar-refractivity contribution in [2.24, 2.45) is 5.41 Å². The highest BCUT2D eigenvalue weighted by Gasteiger charge is 2.52. The minimum atomic E-state index is -2.51. The SMILES string of the molecule is COCC(=O)C(CCC(=O)O)(C(=O)O)C(=O)c1cncc(C)c1. The zero-order chi connectivity index (χ0) is 17.6. The first-order valence-electron chi connectivity index (χ1n) is 6.69. The standard InChI is InChI=1S/C15H17NO7/c1-9-5-10(7-16-6-9)13(20)15(14(21)22,4-3-12(18)19)11(17)8-23-2/h5-7H,3-4,8H2,1-2H3,(H,18,19)(H,21,22). The molecule has 1 aromatic rings. The molecule has 0 aliphatic rings. The summed E-state index contributed by atoms with van der Waals surface area (Å²) in [7, 11) is 1.18. The predicted molar refractivity (Wildman–Crippen MR) is 77.1 cm³/mol. The number of pyridine rings is 1. The summed E-state index contributed by atoms with van der Waals surface area (Å²) >= 11 is 0. The van der Waals surface area contributed by atoms with E-state index in [2.05, 4.69) is 9.72 Å². The molecule has 2 N–H and O–H groups in total. The molecule has 0 aromatic carbocycles.